The number of carbonyl (C=O) groups excluding carboxylic acids is 1. The number of sulfonamides is 1. The number of hydrogen-bond donors (Lipinski definition) is 3. The molecule has 3 N–H and O–H groups in total. The molecule has 1 unspecified atom stereocenters. The minimum absolute atomic E-state index is 0.145. The molecule has 3 rings (SSSR count). The number of nitrogens with one attached hydrogen (secondary N) is 3. The molecule has 7 heteroatoms. The summed E-state index contributed by atoms with van der Waals surface area (Å²) in [4.78, 5) is 12.4. The van der Waals surface area contributed by atoms with Crippen molar-refractivity contribution < 1.29 is 13.2 Å². The maximum absolute atomic E-state index is 12.3. The Kier molecular flexibility index (Phi) is 5.90. The highest BCUT2D eigenvalue weighted by Gasteiger charge is 2.16. The standard InChI is InChI=1S/C19H23N3O3S/c23-19(21-14-15-5-4-12-20-13-15)16-8-10-17(11-9-16)22-26(24,25)18-6-2-1-3-7-18/h1-3,6-11,15,20,22H,4-5,12-14H2,(H,21,23). The van der Waals surface area contributed by atoms with E-state index < -0.39 is 10.0 Å². The van der Waals surface area contributed by atoms with Crippen molar-refractivity contribution in [3.8, 4) is 0 Å². The van der Waals surface area contributed by atoms with Crippen molar-refractivity contribution in [2.24, 2.45) is 5.92 Å². The Hall–Kier alpha value is -2.38. The van der Waals surface area contributed by atoms with Gasteiger partial charge in [0.25, 0.3) is 15.9 Å². The van der Waals surface area contributed by atoms with Crippen LogP contribution in [0.2, 0.25) is 0 Å². The second kappa shape index (κ2) is 8.33. The SMILES string of the molecule is O=C(NCC1CCCNC1)c1ccc(NS(=O)(=O)c2ccccc2)cc1. The zero-order chi connectivity index (χ0) is 18.4. The Morgan fingerprint density at radius 3 is 2.46 bits per heavy atom. The van der Waals surface area contributed by atoms with Gasteiger partial charge in [-0.25, -0.2) is 8.42 Å². The molecule has 0 aliphatic carbocycles. The van der Waals surface area contributed by atoms with Gasteiger partial charge in [-0.2, -0.15) is 0 Å². The number of carbonyl (C=O) groups is 1. The molecule has 1 heterocycles. The third kappa shape index (κ3) is 4.83. The second-order valence-corrected chi connectivity index (χ2v) is 8.10. The molecule has 1 amide bonds. The largest absolute Gasteiger partial charge is 0.352 e. The monoisotopic (exact) mass is 373 g/mol. The number of anilines is 1. The van der Waals surface area contributed by atoms with E-state index in [1.165, 1.54) is 12.1 Å². The van der Waals surface area contributed by atoms with Crippen LogP contribution in [-0.4, -0.2) is 34.0 Å². The fourth-order valence-electron chi connectivity index (χ4n) is 2.94. The number of hydrogen-bond acceptors (Lipinski definition) is 4. The van der Waals surface area contributed by atoms with E-state index in [1.807, 2.05) is 0 Å². The van der Waals surface area contributed by atoms with E-state index in [1.54, 1.807) is 42.5 Å². The normalized spacial score (nSPS) is 17.5. The van der Waals surface area contributed by atoms with Gasteiger partial charge in [0.1, 0.15) is 0 Å². The van der Waals surface area contributed by atoms with E-state index in [-0.39, 0.29) is 10.8 Å². The van der Waals surface area contributed by atoms with E-state index in [0.717, 1.165) is 25.9 Å². The van der Waals surface area contributed by atoms with Crippen LogP contribution in [0.3, 0.4) is 0 Å². The summed E-state index contributed by atoms with van der Waals surface area (Å²) in [5, 5.41) is 6.27. The molecule has 0 aromatic heterocycles. The van der Waals surface area contributed by atoms with Crippen molar-refractivity contribution in [3.63, 3.8) is 0 Å². The van der Waals surface area contributed by atoms with Gasteiger partial charge in [0, 0.05) is 17.8 Å². The summed E-state index contributed by atoms with van der Waals surface area (Å²) >= 11 is 0. The predicted molar refractivity (Wildman–Crippen MR) is 102 cm³/mol. The first-order valence-electron chi connectivity index (χ1n) is 8.71. The molecule has 2 aromatic rings. The Morgan fingerprint density at radius 1 is 1.08 bits per heavy atom. The van der Waals surface area contributed by atoms with Gasteiger partial charge in [-0.05, 0) is 68.2 Å². The zero-order valence-electron chi connectivity index (χ0n) is 14.4. The lowest BCUT2D eigenvalue weighted by molar-refractivity contribution is 0.0945. The lowest BCUT2D eigenvalue weighted by Gasteiger charge is -2.22. The third-order valence-corrected chi connectivity index (χ3v) is 5.80. The van der Waals surface area contributed by atoms with E-state index in [2.05, 4.69) is 15.4 Å². The van der Waals surface area contributed by atoms with Crippen molar-refractivity contribution in [1.29, 1.82) is 0 Å². The van der Waals surface area contributed by atoms with Crippen LogP contribution in [0.25, 0.3) is 0 Å². The second-order valence-electron chi connectivity index (χ2n) is 6.42. The van der Waals surface area contributed by atoms with Crippen LogP contribution in [0, 0.1) is 5.92 Å². The van der Waals surface area contributed by atoms with E-state index in [0.29, 0.717) is 23.7 Å². The van der Waals surface area contributed by atoms with Crippen LogP contribution in [0.1, 0.15) is 23.2 Å². The molecule has 1 aliphatic heterocycles. The van der Waals surface area contributed by atoms with Gasteiger partial charge in [-0.1, -0.05) is 18.2 Å². The van der Waals surface area contributed by atoms with Crippen LogP contribution in [-0.2, 0) is 10.0 Å². The molecule has 26 heavy (non-hydrogen) atoms. The quantitative estimate of drug-likeness (QED) is 0.725. The maximum Gasteiger partial charge on any atom is 0.261 e. The van der Waals surface area contributed by atoms with Crippen LogP contribution in [0.5, 0.6) is 0 Å². The number of rotatable bonds is 6. The predicted octanol–water partition coefficient (Wildman–Crippen LogP) is 2.22. The summed E-state index contributed by atoms with van der Waals surface area (Å²) < 4.78 is 27.1. The van der Waals surface area contributed by atoms with Crippen LogP contribution in [0.4, 0.5) is 5.69 Å². The lowest BCUT2D eigenvalue weighted by Crippen LogP contribution is -2.38. The molecule has 1 fully saturated rings. The number of benzene rings is 2. The molecule has 138 valence electrons. The highest BCUT2D eigenvalue weighted by Crippen LogP contribution is 2.16. The molecule has 0 bridgehead atoms. The topological polar surface area (TPSA) is 87.3 Å². The van der Waals surface area contributed by atoms with Crippen LogP contribution >= 0.6 is 0 Å². The molecule has 1 saturated heterocycles. The van der Waals surface area contributed by atoms with E-state index in [4.69, 9.17) is 0 Å². The average Bonchev–Trinajstić information content (AvgIpc) is 2.68. The van der Waals surface area contributed by atoms with Gasteiger partial charge >= 0.3 is 0 Å². The highest BCUT2D eigenvalue weighted by molar-refractivity contribution is 7.92. The molecule has 2 aromatic carbocycles. The molecule has 6 nitrogen and oxygen atoms in total. The Balaban J connectivity index is 1.58. The van der Waals surface area contributed by atoms with Gasteiger partial charge in [-0.3, -0.25) is 9.52 Å². The summed E-state index contributed by atoms with van der Waals surface area (Å²) in [6.07, 6.45) is 2.25. The highest BCUT2D eigenvalue weighted by atomic mass is 32.2. The first kappa shape index (κ1) is 18.4. The van der Waals surface area contributed by atoms with Gasteiger partial charge in [0.05, 0.1) is 4.90 Å². The van der Waals surface area contributed by atoms with Crippen molar-refractivity contribution in [2.45, 2.75) is 17.7 Å². The summed E-state index contributed by atoms with van der Waals surface area (Å²) in [7, 11) is -3.63. The minimum Gasteiger partial charge on any atom is -0.352 e. The maximum atomic E-state index is 12.3. The zero-order valence-corrected chi connectivity index (χ0v) is 15.3. The van der Waals surface area contributed by atoms with E-state index >= 15 is 0 Å². The molecule has 1 atom stereocenters. The van der Waals surface area contributed by atoms with Gasteiger partial charge in [-0.15, -0.1) is 0 Å². The fraction of sp³-hybridized carbons (Fsp3) is 0.316. The number of piperidine rings is 1. The Morgan fingerprint density at radius 2 is 1.81 bits per heavy atom. The molecule has 0 radical (unpaired) electrons. The van der Waals surface area contributed by atoms with Crippen molar-refractivity contribution >= 4 is 21.6 Å². The van der Waals surface area contributed by atoms with Crippen LogP contribution < -0.4 is 15.4 Å². The summed E-state index contributed by atoms with van der Waals surface area (Å²) in [6, 6.07) is 14.6. The van der Waals surface area contributed by atoms with Crippen molar-refractivity contribution in [3.05, 3.63) is 60.2 Å². The smallest absolute Gasteiger partial charge is 0.261 e. The van der Waals surface area contributed by atoms with Crippen LogP contribution in [0.15, 0.2) is 59.5 Å². The molecule has 0 spiro atoms. The minimum atomic E-state index is -3.63. The van der Waals surface area contributed by atoms with Gasteiger partial charge in [0.15, 0.2) is 0 Å². The first-order chi connectivity index (χ1) is 12.5. The third-order valence-electron chi connectivity index (χ3n) is 4.40. The summed E-state index contributed by atoms with van der Waals surface area (Å²) in [5.41, 5.74) is 0.929. The van der Waals surface area contributed by atoms with Gasteiger partial charge < -0.3 is 10.6 Å². The Labute approximate surface area is 154 Å². The Bertz CT molecular complexity index is 830. The lowest BCUT2D eigenvalue weighted by atomic mass is 9.99. The molecule has 1 aliphatic rings. The van der Waals surface area contributed by atoms with Crippen molar-refractivity contribution in [1.82, 2.24) is 10.6 Å². The summed E-state index contributed by atoms with van der Waals surface area (Å²) in [6.45, 7) is 2.62. The molecular formula is C19H23N3O3S. The average molecular weight is 373 g/mol. The molecular weight excluding hydrogens is 350 g/mol. The van der Waals surface area contributed by atoms with Crippen molar-refractivity contribution in [2.75, 3.05) is 24.4 Å². The van der Waals surface area contributed by atoms with Gasteiger partial charge in [0.2, 0.25) is 0 Å². The number of amides is 1. The summed E-state index contributed by atoms with van der Waals surface area (Å²) in [5.74, 6) is 0.317. The van der Waals surface area contributed by atoms with E-state index in [9.17, 15) is 13.2 Å². The first-order valence-corrected chi connectivity index (χ1v) is 10.2. The fourth-order valence-corrected chi connectivity index (χ4v) is 4.02. The molecule has 0 saturated carbocycles.